The van der Waals surface area contributed by atoms with Crippen molar-refractivity contribution < 1.29 is 20.6 Å². The highest BCUT2D eigenvalue weighted by molar-refractivity contribution is 6.22. The Morgan fingerprint density at radius 1 is 0.574 bits per heavy atom. The Labute approximate surface area is 295 Å². The molecule has 2 nitrogen and oxygen atoms in total. The van der Waals surface area contributed by atoms with Crippen molar-refractivity contribution in [2.75, 3.05) is 0 Å². The summed E-state index contributed by atoms with van der Waals surface area (Å²) in [5, 5.41) is 2.93. The molecular formula is C45H32N2. The third-order valence-corrected chi connectivity index (χ3v) is 8.65. The molecule has 0 fully saturated rings. The van der Waals surface area contributed by atoms with Gasteiger partial charge in [-0.25, -0.2) is 4.98 Å². The second kappa shape index (κ2) is 11.1. The van der Waals surface area contributed by atoms with Gasteiger partial charge in [0, 0.05) is 18.6 Å². The minimum atomic E-state index is -3.05. The van der Waals surface area contributed by atoms with E-state index < -0.39 is 73.6 Å². The van der Waals surface area contributed by atoms with E-state index in [0.717, 1.165) is 0 Å². The number of benzene rings is 8. The molecule has 0 aliphatic carbocycles. The molecule has 0 atom stereocenters. The lowest BCUT2D eigenvalue weighted by atomic mass is 9.84. The summed E-state index contributed by atoms with van der Waals surface area (Å²) in [6.45, 7) is -3.05. The normalized spacial score (nSPS) is 16.7. The molecule has 2 heteroatoms. The Bertz CT molecular complexity index is 3330. The molecule has 0 bridgehead atoms. The van der Waals surface area contributed by atoms with Gasteiger partial charge in [0.25, 0.3) is 0 Å². The first-order chi connectivity index (χ1) is 29.4. The Balaban J connectivity index is 1.41. The molecule has 0 amide bonds. The fourth-order valence-corrected chi connectivity index (χ4v) is 6.72. The highest BCUT2D eigenvalue weighted by Crippen LogP contribution is 2.45. The van der Waals surface area contributed by atoms with Crippen LogP contribution in [0, 0.1) is 0 Å². The summed E-state index contributed by atoms with van der Waals surface area (Å²) >= 11 is 0. The third kappa shape index (κ3) is 4.37. The van der Waals surface area contributed by atoms with Crippen LogP contribution in [0.15, 0.2) is 164 Å². The van der Waals surface area contributed by atoms with E-state index in [0.29, 0.717) is 65.7 Å². The SMILES string of the molecule is [2H]c1c([2H])c([2H])c(-c2c3ccccc3c(-c3c([2H])c([2H])c([2H])c([2H])c3[2H])c3cc(-c4ccc(-n5c(C([2H])([2H])C([2H])([2H])[2H])nc6ccccc65)c5ccccc45)ccc23)c([2H])c1[2H]. The van der Waals surface area contributed by atoms with Crippen LogP contribution >= 0.6 is 0 Å². The average molecular weight is 616 g/mol. The number of aryl methyl sites for hydroxylation is 1. The Hall–Kier alpha value is -5.99. The van der Waals surface area contributed by atoms with Gasteiger partial charge >= 0.3 is 0 Å². The van der Waals surface area contributed by atoms with E-state index in [1.807, 2.05) is 30.3 Å². The van der Waals surface area contributed by atoms with Crippen molar-refractivity contribution in [3.05, 3.63) is 169 Å². The number of para-hydroxylation sites is 2. The van der Waals surface area contributed by atoms with Crippen molar-refractivity contribution in [3.63, 3.8) is 0 Å². The van der Waals surface area contributed by atoms with Gasteiger partial charge in [-0.1, -0.05) is 146 Å². The fourth-order valence-electron chi connectivity index (χ4n) is 6.72. The van der Waals surface area contributed by atoms with Gasteiger partial charge in [-0.3, -0.25) is 4.57 Å². The van der Waals surface area contributed by atoms with Crippen LogP contribution in [0.1, 0.15) is 33.2 Å². The minimum absolute atomic E-state index is 0.0624. The number of hydrogen-bond acceptors (Lipinski definition) is 1. The van der Waals surface area contributed by atoms with Crippen LogP contribution in [-0.2, 0) is 6.37 Å². The van der Waals surface area contributed by atoms with Crippen molar-refractivity contribution in [2.24, 2.45) is 0 Å². The molecule has 1 heterocycles. The standard InChI is InChI=1S/C45H32N2/c1-2-43-46-40-23-13-14-24-42(40)47(43)41-28-27-33(34-19-9-10-20-35(34)41)32-25-26-38-39(29-32)45(31-17-7-4-8-18-31)37-22-12-11-21-36(37)44(38)30-15-5-3-6-16-30/h3-29H,2H2,1H3/i1D3,2D2,3D,4D,5D,6D,7D,8D,15D,16D,17D,18D. The van der Waals surface area contributed by atoms with Crippen molar-refractivity contribution in [2.45, 2.75) is 13.2 Å². The van der Waals surface area contributed by atoms with Gasteiger partial charge in [0.05, 0.1) is 30.4 Å². The Morgan fingerprint density at radius 2 is 1.17 bits per heavy atom. The van der Waals surface area contributed by atoms with E-state index in [9.17, 15) is 0 Å². The molecule has 9 rings (SSSR count). The molecule has 0 aliphatic rings. The maximum absolute atomic E-state index is 9.09. The number of rotatable bonds is 5. The van der Waals surface area contributed by atoms with Crippen molar-refractivity contribution in [1.82, 2.24) is 9.55 Å². The first-order valence-corrected chi connectivity index (χ1v) is 15.0. The molecular weight excluding hydrogens is 569 g/mol. The van der Waals surface area contributed by atoms with Crippen LogP contribution in [0.25, 0.3) is 82.4 Å². The van der Waals surface area contributed by atoms with E-state index in [4.69, 9.17) is 20.6 Å². The smallest absolute Gasteiger partial charge is 0.114 e. The predicted molar refractivity (Wildman–Crippen MR) is 199 cm³/mol. The van der Waals surface area contributed by atoms with Crippen LogP contribution in [0.4, 0.5) is 0 Å². The first-order valence-electron chi connectivity index (χ1n) is 22.5. The Kier molecular flexibility index (Phi) is 3.79. The van der Waals surface area contributed by atoms with Crippen molar-refractivity contribution in [1.29, 1.82) is 0 Å². The molecule has 0 saturated heterocycles. The van der Waals surface area contributed by atoms with Gasteiger partial charge in [0.2, 0.25) is 0 Å². The summed E-state index contributed by atoms with van der Waals surface area (Å²) in [6.07, 6.45) is -2.84. The highest BCUT2D eigenvalue weighted by atomic mass is 15.1. The lowest BCUT2D eigenvalue weighted by molar-refractivity contribution is 0.913. The van der Waals surface area contributed by atoms with Crippen LogP contribution in [0.5, 0.6) is 0 Å². The molecule has 222 valence electrons. The molecule has 0 spiro atoms. The molecule has 1 aromatic heterocycles. The second-order valence-electron chi connectivity index (χ2n) is 11.1. The summed E-state index contributed by atoms with van der Waals surface area (Å²) in [4.78, 5) is 4.50. The zero-order valence-electron chi connectivity index (χ0n) is 39.7. The van der Waals surface area contributed by atoms with E-state index in [-0.39, 0.29) is 22.5 Å². The summed E-state index contributed by atoms with van der Waals surface area (Å²) < 4.78 is 131. The predicted octanol–water partition coefficient (Wildman–Crippen LogP) is 12.0. The topological polar surface area (TPSA) is 17.8 Å². The Morgan fingerprint density at radius 3 is 1.87 bits per heavy atom. The molecule has 0 saturated carbocycles. The second-order valence-corrected chi connectivity index (χ2v) is 11.1. The molecule has 0 aliphatic heterocycles. The summed E-state index contributed by atoms with van der Waals surface area (Å²) in [5.74, 6) is -0.294. The lowest BCUT2D eigenvalue weighted by Crippen LogP contribution is -2.01. The van der Waals surface area contributed by atoms with E-state index in [2.05, 4.69) is 4.98 Å². The molecule has 0 radical (unpaired) electrons. The number of imidazole rings is 1. The number of fused-ring (bicyclic) bond motifs is 4. The van der Waals surface area contributed by atoms with E-state index in [1.165, 1.54) is 4.57 Å². The molecule has 0 unspecified atom stereocenters. The zero-order valence-corrected chi connectivity index (χ0v) is 24.7. The van der Waals surface area contributed by atoms with Gasteiger partial charge in [0.15, 0.2) is 0 Å². The summed E-state index contributed by atoms with van der Waals surface area (Å²) in [6, 6.07) is 25.0. The van der Waals surface area contributed by atoms with Gasteiger partial charge in [-0.05, 0) is 84.6 Å². The molecule has 9 aromatic rings. The number of hydrogen-bond donors (Lipinski definition) is 0. The van der Waals surface area contributed by atoms with Gasteiger partial charge in [-0.2, -0.15) is 0 Å². The van der Waals surface area contributed by atoms with Crippen LogP contribution in [0.3, 0.4) is 0 Å². The fraction of sp³-hybridized carbons (Fsp3) is 0.0444. The maximum Gasteiger partial charge on any atom is 0.114 e. The van der Waals surface area contributed by atoms with Gasteiger partial charge in [-0.15, -0.1) is 0 Å². The molecule has 8 aromatic carbocycles. The average Bonchev–Trinajstić information content (AvgIpc) is 3.66. The monoisotopic (exact) mass is 615 g/mol. The van der Waals surface area contributed by atoms with Crippen molar-refractivity contribution >= 4 is 43.4 Å². The largest absolute Gasteiger partial charge is 0.296 e. The maximum atomic E-state index is 9.09. The minimum Gasteiger partial charge on any atom is -0.296 e. The number of aromatic nitrogens is 2. The van der Waals surface area contributed by atoms with Gasteiger partial charge in [0.1, 0.15) is 5.82 Å². The zero-order chi connectivity index (χ0) is 44.3. The molecule has 47 heavy (non-hydrogen) atoms. The molecule has 0 N–H and O–H groups in total. The third-order valence-electron chi connectivity index (χ3n) is 8.65. The quantitative estimate of drug-likeness (QED) is 0.176. The summed E-state index contributed by atoms with van der Waals surface area (Å²) in [5.41, 5.74) is 3.08. The van der Waals surface area contributed by atoms with Crippen molar-refractivity contribution in [3.8, 4) is 39.1 Å². The lowest BCUT2D eigenvalue weighted by Gasteiger charge is -2.19. The van der Waals surface area contributed by atoms with Crippen LogP contribution in [-0.4, -0.2) is 9.55 Å². The van der Waals surface area contributed by atoms with E-state index in [1.54, 1.807) is 72.8 Å². The highest BCUT2D eigenvalue weighted by Gasteiger charge is 2.19. The van der Waals surface area contributed by atoms with Crippen LogP contribution in [0.2, 0.25) is 0 Å². The first kappa shape index (κ1) is 16.0. The van der Waals surface area contributed by atoms with E-state index >= 15 is 0 Å². The van der Waals surface area contributed by atoms with Gasteiger partial charge < -0.3 is 0 Å². The summed E-state index contributed by atoms with van der Waals surface area (Å²) in [7, 11) is 0. The number of nitrogens with zero attached hydrogens (tertiary/aromatic N) is 2. The van der Waals surface area contributed by atoms with Crippen LogP contribution < -0.4 is 0 Å².